The summed E-state index contributed by atoms with van der Waals surface area (Å²) in [5.41, 5.74) is 2.54. The van der Waals surface area contributed by atoms with Crippen molar-refractivity contribution < 1.29 is 4.39 Å². The van der Waals surface area contributed by atoms with Crippen molar-refractivity contribution in [3.05, 3.63) is 41.3 Å². The first kappa shape index (κ1) is 13.9. The molecule has 0 saturated carbocycles. The van der Waals surface area contributed by atoms with Crippen molar-refractivity contribution in [1.29, 1.82) is 0 Å². The number of aromatic nitrogens is 1. The van der Waals surface area contributed by atoms with Crippen LogP contribution < -0.4 is 5.32 Å². The molecule has 0 atom stereocenters. The van der Waals surface area contributed by atoms with Gasteiger partial charge in [-0.25, -0.2) is 9.37 Å². The van der Waals surface area contributed by atoms with Crippen molar-refractivity contribution in [1.82, 2.24) is 10.3 Å². The third kappa shape index (κ3) is 3.10. The maximum atomic E-state index is 13.9. The topological polar surface area (TPSA) is 24.9 Å². The average Bonchev–Trinajstić information content (AvgIpc) is 2.36. The number of rotatable bonds is 4. The fourth-order valence-electron chi connectivity index (χ4n) is 2.06. The van der Waals surface area contributed by atoms with Crippen LogP contribution in [0.4, 0.5) is 4.39 Å². The highest BCUT2D eigenvalue weighted by Crippen LogP contribution is 2.24. The predicted molar refractivity (Wildman–Crippen MR) is 77.8 cm³/mol. The summed E-state index contributed by atoms with van der Waals surface area (Å²) in [5, 5.41) is 4.29. The first-order chi connectivity index (χ1) is 8.99. The van der Waals surface area contributed by atoms with Crippen molar-refractivity contribution in [3.8, 4) is 0 Å². The lowest BCUT2D eigenvalue weighted by atomic mass is 10.0. The van der Waals surface area contributed by atoms with Gasteiger partial charge in [0.15, 0.2) is 0 Å². The smallest absolute Gasteiger partial charge is 0.149 e. The van der Waals surface area contributed by atoms with E-state index in [0.717, 1.165) is 23.2 Å². The van der Waals surface area contributed by atoms with E-state index in [0.29, 0.717) is 17.5 Å². The fraction of sp³-hybridized carbons (Fsp3) is 0.438. The zero-order chi connectivity index (χ0) is 14.0. The Kier molecular flexibility index (Phi) is 4.15. The summed E-state index contributed by atoms with van der Waals surface area (Å²) in [6.07, 6.45) is 0. The highest BCUT2D eigenvalue weighted by atomic mass is 19.1. The second-order valence-corrected chi connectivity index (χ2v) is 5.53. The standard InChI is InChI=1S/C16H21FN2/c1-10(2)15-8-12(9-18-11(3)4)13-6-5-7-14(17)16(13)19-15/h5-8,10-11,18H,9H2,1-4H3. The fourth-order valence-corrected chi connectivity index (χ4v) is 2.06. The predicted octanol–water partition coefficient (Wildman–Crippen LogP) is 4.00. The van der Waals surface area contributed by atoms with Gasteiger partial charge in [-0.3, -0.25) is 0 Å². The average molecular weight is 260 g/mol. The third-order valence-corrected chi connectivity index (χ3v) is 3.19. The summed E-state index contributed by atoms with van der Waals surface area (Å²) >= 11 is 0. The molecule has 2 nitrogen and oxygen atoms in total. The monoisotopic (exact) mass is 260 g/mol. The number of hydrogen-bond donors (Lipinski definition) is 1. The molecule has 0 unspecified atom stereocenters. The molecule has 1 aromatic heterocycles. The Morgan fingerprint density at radius 2 is 1.95 bits per heavy atom. The zero-order valence-corrected chi connectivity index (χ0v) is 12.0. The van der Waals surface area contributed by atoms with Crippen LogP contribution in [0.5, 0.6) is 0 Å². The normalized spacial score (nSPS) is 11.7. The van der Waals surface area contributed by atoms with Gasteiger partial charge >= 0.3 is 0 Å². The molecule has 0 aliphatic carbocycles. The van der Waals surface area contributed by atoms with E-state index >= 15 is 0 Å². The second-order valence-electron chi connectivity index (χ2n) is 5.53. The summed E-state index contributed by atoms with van der Waals surface area (Å²) < 4.78 is 13.9. The molecule has 2 rings (SSSR count). The molecule has 0 bridgehead atoms. The van der Waals surface area contributed by atoms with Gasteiger partial charge in [-0.2, -0.15) is 0 Å². The largest absolute Gasteiger partial charge is 0.310 e. The molecular formula is C16H21FN2. The number of benzene rings is 1. The van der Waals surface area contributed by atoms with Gasteiger partial charge in [-0.1, -0.05) is 39.8 Å². The molecule has 0 aliphatic heterocycles. The van der Waals surface area contributed by atoms with Crippen molar-refractivity contribution in [2.75, 3.05) is 0 Å². The maximum Gasteiger partial charge on any atom is 0.149 e. The van der Waals surface area contributed by atoms with E-state index in [1.165, 1.54) is 6.07 Å². The van der Waals surface area contributed by atoms with E-state index in [1.54, 1.807) is 6.07 Å². The summed E-state index contributed by atoms with van der Waals surface area (Å²) in [7, 11) is 0. The molecule has 0 spiro atoms. The van der Waals surface area contributed by atoms with Crippen LogP contribution in [0.25, 0.3) is 10.9 Å². The molecule has 2 aromatic rings. The lowest BCUT2D eigenvalue weighted by Gasteiger charge is -2.14. The van der Waals surface area contributed by atoms with Crippen molar-refractivity contribution in [2.45, 2.75) is 46.2 Å². The highest BCUT2D eigenvalue weighted by Gasteiger charge is 2.11. The first-order valence-electron chi connectivity index (χ1n) is 6.80. The van der Waals surface area contributed by atoms with Gasteiger partial charge in [0, 0.05) is 23.7 Å². The zero-order valence-electron chi connectivity index (χ0n) is 12.0. The summed E-state index contributed by atoms with van der Waals surface area (Å²) in [4.78, 5) is 4.46. The Balaban J connectivity index is 2.55. The summed E-state index contributed by atoms with van der Waals surface area (Å²) in [6, 6.07) is 7.64. The number of hydrogen-bond acceptors (Lipinski definition) is 2. The van der Waals surface area contributed by atoms with Gasteiger partial charge in [0.25, 0.3) is 0 Å². The minimum atomic E-state index is -0.245. The molecular weight excluding hydrogens is 239 g/mol. The molecule has 19 heavy (non-hydrogen) atoms. The Morgan fingerprint density at radius 3 is 2.58 bits per heavy atom. The summed E-state index contributed by atoms with van der Waals surface area (Å²) in [6.45, 7) is 9.10. The Hall–Kier alpha value is -1.48. The molecule has 0 radical (unpaired) electrons. The molecule has 0 fully saturated rings. The van der Waals surface area contributed by atoms with E-state index in [-0.39, 0.29) is 5.82 Å². The SMILES string of the molecule is CC(C)NCc1cc(C(C)C)nc2c(F)cccc12. The second kappa shape index (κ2) is 5.66. The molecule has 0 aliphatic rings. The van der Waals surface area contributed by atoms with Crippen LogP contribution in [0.3, 0.4) is 0 Å². The van der Waals surface area contributed by atoms with Gasteiger partial charge in [0.2, 0.25) is 0 Å². The van der Waals surface area contributed by atoms with E-state index in [4.69, 9.17) is 0 Å². The molecule has 1 N–H and O–H groups in total. The molecule has 0 amide bonds. The van der Waals surface area contributed by atoms with E-state index in [9.17, 15) is 4.39 Å². The van der Waals surface area contributed by atoms with E-state index in [2.05, 4.69) is 44.1 Å². The van der Waals surface area contributed by atoms with Gasteiger partial charge < -0.3 is 5.32 Å². The number of pyridine rings is 1. The summed E-state index contributed by atoms with van der Waals surface area (Å²) in [5.74, 6) is 0.0487. The van der Waals surface area contributed by atoms with Crippen LogP contribution in [0.2, 0.25) is 0 Å². The van der Waals surface area contributed by atoms with Crippen molar-refractivity contribution >= 4 is 10.9 Å². The van der Waals surface area contributed by atoms with Crippen LogP contribution >= 0.6 is 0 Å². The van der Waals surface area contributed by atoms with E-state index in [1.807, 2.05) is 6.07 Å². The number of fused-ring (bicyclic) bond motifs is 1. The van der Waals surface area contributed by atoms with E-state index < -0.39 is 0 Å². The van der Waals surface area contributed by atoms with Gasteiger partial charge in [-0.15, -0.1) is 0 Å². The lowest BCUT2D eigenvalue weighted by Crippen LogP contribution is -2.22. The number of para-hydroxylation sites is 1. The third-order valence-electron chi connectivity index (χ3n) is 3.19. The molecule has 1 aromatic carbocycles. The van der Waals surface area contributed by atoms with Crippen LogP contribution in [0.15, 0.2) is 24.3 Å². The maximum absolute atomic E-state index is 13.9. The van der Waals surface area contributed by atoms with Gasteiger partial charge in [-0.05, 0) is 23.6 Å². The van der Waals surface area contributed by atoms with Crippen LogP contribution in [-0.4, -0.2) is 11.0 Å². The van der Waals surface area contributed by atoms with Gasteiger partial charge in [0.05, 0.1) is 0 Å². The van der Waals surface area contributed by atoms with Gasteiger partial charge in [0.1, 0.15) is 11.3 Å². The quantitative estimate of drug-likeness (QED) is 0.899. The first-order valence-corrected chi connectivity index (χ1v) is 6.80. The lowest BCUT2D eigenvalue weighted by molar-refractivity contribution is 0.589. The minimum Gasteiger partial charge on any atom is -0.310 e. The molecule has 102 valence electrons. The van der Waals surface area contributed by atoms with Crippen LogP contribution in [0, 0.1) is 5.82 Å². The van der Waals surface area contributed by atoms with Crippen LogP contribution in [-0.2, 0) is 6.54 Å². The molecule has 1 heterocycles. The molecule has 3 heteroatoms. The number of nitrogens with zero attached hydrogens (tertiary/aromatic N) is 1. The Labute approximate surface area is 114 Å². The Morgan fingerprint density at radius 1 is 1.21 bits per heavy atom. The molecule has 0 saturated heterocycles. The van der Waals surface area contributed by atoms with Crippen molar-refractivity contribution in [2.24, 2.45) is 0 Å². The highest BCUT2D eigenvalue weighted by molar-refractivity contribution is 5.83. The minimum absolute atomic E-state index is 0.245. The van der Waals surface area contributed by atoms with Crippen LogP contribution in [0.1, 0.15) is 44.9 Å². The number of nitrogens with one attached hydrogen (secondary N) is 1. The van der Waals surface area contributed by atoms with Crippen molar-refractivity contribution in [3.63, 3.8) is 0 Å². The number of halogens is 1. The Bertz CT molecular complexity index is 576.